The smallest absolute Gasteiger partial charge is 0.307 e. The van der Waals surface area contributed by atoms with Gasteiger partial charge in [-0.15, -0.1) is 23.7 Å². The number of nitrogens with one attached hydrogen (secondary N) is 1. The second kappa shape index (κ2) is 10.4. The number of hydrogen-bond donors (Lipinski definition) is 2. The van der Waals surface area contributed by atoms with Crippen LogP contribution < -0.4 is 9.46 Å². The number of carboxylic acids is 1. The third kappa shape index (κ3) is 5.90. The van der Waals surface area contributed by atoms with Gasteiger partial charge in [-0.05, 0) is 42.0 Å². The summed E-state index contributed by atoms with van der Waals surface area (Å²) in [5, 5.41) is 11.3. The summed E-state index contributed by atoms with van der Waals surface area (Å²) in [7, 11) is -3.17. The SMILES string of the molecule is CS(=O)(=O)NCCN1CCC(=C2c3cc(CC(=O)O)ccc3OCc3ccsc32)CC1.Cl. The van der Waals surface area contributed by atoms with Gasteiger partial charge in [-0.3, -0.25) is 4.79 Å². The number of fused-ring (bicyclic) bond motifs is 2. The number of sulfonamides is 1. The maximum atomic E-state index is 11.3. The summed E-state index contributed by atoms with van der Waals surface area (Å²) in [6, 6.07) is 7.77. The second-order valence-corrected chi connectivity index (χ2v) is 10.7. The molecule has 2 aliphatic heterocycles. The predicted molar refractivity (Wildman–Crippen MR) is 128 cm³/mol. The first-order valence-corrected chi connectivity index (χ1v) is 13.0. The van der Waals surface area contributed by atoms with E-state index in [9.17, 15) is 18.3 Å². The summed E-state index contributed by atoms with van der Waals surface area (Å²) in [6.07, 6.45) is 2.92. The van der Waals surface area contributed by atoms with Crippen molar-refractivity contribution in [3.63, 3.8) is 0 Å². The minimum absolute atomic E-state index is 0. The van der Waals surface area contributed by atoms with Crippen molar-refractivity contribution in [3.8, 4) is 5.75 Å². The average Bonchev–Trinajstić information content (AvgIpc) is 3.10. The molecule has 3 heterocycles. The van der Waals surface area contributed by atoms with Crippen LogP contribution in [0.3, 0.4) is 0 Å². The zero-order valence-electron chi connectivity index (χ0n) is 17.8. The molecule has 174 valence electrons. The molecule has 2 aliphatic rings. The number of benzene rings is 1. The summed E-state index contributed by atoms with van der Waals surface area (Å²) < 4.78 is 31.2. The van der Waals surface area contributed by atoms with Gasteiger partial charge in [-0.1, -0.05) is 11.6 Å². The average molecular weight is 499 g/mol. The number of carboxylic acid groups (broad SMARTS) is 1. The molecule has 1 aromatic heterocycles. The van der Waals surface area contributed by atoms with E-state index >= 15 is 0 Å². The van der Waals surface area contributed by atoms with Crippen LogP contribution in [0.2, 0.25) is 0 Å². The summed E-state index contributed by atoms with van der Waals surface area (Å²) >= 11 is 1.70. The molecule has 0 unspecified atom stereocenters. The number of likely N-dealkylation sites (tertiary alicyclic amines) is 1. The number of ether oxygens (including phenoxy) is 1. The Labute approximate surface area is 198 Å². The summed E-state index contributed by atoms with van der Waals surface area (Å²) in [5.74, 6) is -0.0589. The first kappa shape index (κ1) is 24.7. The Kier molecular flexibility index (Phi) is 8.00. The van der Waals surface area contributed by atoms with Crippen LogP contribution >= 0.6 is 23.7 Å². The fourth-order valence-corrected chi connectivity index (χ4v) is 5.65. The minimum atomic E-state index is -3.17. The van der Waals surface area contributed by atoms with Crippen molar-refractivity contribution in [1.82, 2.24) is 9.62 Å². The number of aliphatic carboxylic acids is 1. The standard InChI is InChI=1S/C22H26N2O5S2.ClH/c1-31(27,28)23-7-10-24-8-4-16(5-9-24)21-18-12-15(13-20(25)26)2-3-19(18)29-14-17-6-11-30-22(17)21;/h2-3,6,11-12,23H,4-5,7-10,13-14H2,1H3,(H,25,26);1H. The van der Waals surface area contributed by atoms with Crippen molar-refractivity contribution in [2.75, 3.05) is 32.4 Å². The Morgan fingerprint density at radius 3 is 2.69 bits per heavy atom. The molecule has 0 atom stereocenters. The molecule has 0 radical (unpaired) electrons. The maximum absolute atomic E-state index is 11.3. The Hall–Kier alpha value is -1.91. The molecule has 10 heteroatoms. The highest BCUT2D eigenvalue weighted by Crippen LogP contribution is 2.43. The van der Waals surface area contributed by atoms with E-state index in [1.807, 2.05) is 18.2 Å². The highest BCUT2D eigenvalue weighted by atomic mass is 35.5. The minimum Gasteiger partial charge on any atom is -0.488 e. The van der Waals surface area contributed by atoms with Crippen molar-refractivity contribution in [2.24, 2.45) is 0 Å². The quantitative estimate of drug-likeness (QED) is 0.635. The Bertz CT molecular complexity index is 1120. The van der Waals surface area contributed by atoms with E-state index < -0.39 is 16.0 Å². The van der Waals surface area contributed by atoms with E-state index in [0.717, 1.165) is 48.4 Å². The number of halogens is 1. The van der Waals surface area contributed by atoms with Gasteiger partial charge < -0.3 is 14.7 Å². The molecule has 2 N–H and O–H groups in total. The molecule has 1 fully saturated rings. The lowest BCUT2D eigenvalue weighted by Gasteiger charge is -2.30. The Balaban J connectivity index is 0.00000289. The zero-order chi connectivity index (χ0) is 22.0. The van der Waals surface area contributed by atoms with Gasteiger partial charge in [0.05, 0.1) is 12.7 Å². The first-order valence-electron chi connectivity index (χ1n) is 10.2. The topological polar surface area (TPSA) is 95.9 Å². The molecule has 7 nitrogen and oxygen atoms in total. The van der Waals surface area contributed by atoms with Crippen molar-refractivity contribution in [2.45, 2.75) is 25.9 Å². The molecule has 0 aliphatic carbocycles. The second-order valence-electron chi connectivity index (χ2n) is 7.95. The van der Waals surface area contributed by atoms with Crippen LogP contribution in [0.1, 0.15) is 34.4 Å². The third-order valence-electron chi connectivity index (χ3n) is 5.63. The number of carbonyl (C=O) groups is 1. The van der Waals surface area contributed by atoms with Crippen molar-refractivity contribution < 1.29 is 23.1 Å². The molecule has 1 aromatic carbocycles. The highest BCUT2D eigenvalue weighted by molar-refractivity contribution is 7.88. The van der Waals surface area contributed by atoms with Crippen molar-refractivity contribution >= 4 is 45.3 Å². The van der Waals surface area contributed by atoms with Crippen LogP contribution in [0, 0.1) is 0 Å². The van der Waals surface area contributed by atoms with Gasteiger partial charge in [0.25, 0.3) is 0 Å². The lowest BCUT2D eigenvalue weighted by Crippen LogP contribution is -2.38. The molecule has 1 saturated heterocycles. The summed E-state index contributed by atoms with van der Waals surface area (Å²) in [6.45, 7) is 3.31. The molecule has 4 rings (SSSR count). The van der Waals surface area contributed by atoms with Crippen molar-refractivity contribution in [1.29, 1.82) is 0 Å². The normalized spacial score (nSPS) is 16.4. The van der Waals surface area contributed by atoms with Crippen LogP contribution in [-0.2, 0) is 27.8 Å². The van der Waals surface area contributed by atoms with Gasteiger partial charge in [-0.25, -0.2) is 13.1 Å². The lowest BCUT2D eigenvalue weighted by atomic mass is 9.90. The highest BCUT2D eigenvalue weighted by Gasteiger charge is 2.26. The van der Waals surface area contributed by atoms with Crippen LogP contribution in [0.15, 0.2) is 35.2 Å². The summed E-state index contributed by atoms with van der Waals surface area (Å²) in [4.78, 5) is 14.7. The van der Waals surface area contributed by atoms with Gasteiger partial charge in [0.15, 0.2) is 0 Å². The van der Waals surface area contributed by atoms with E-state index in [4.69, 9.17) is 4.74 Å². The molecule has 2 aromatic rings. The number of hydrogen-bond acceptors (Lipinski definition) is 6. The fraction of sp³-hybridized carbons (Fsp3) is 0.409. The van der Waals surface area contributed by atoms with Gasteiger partial charge >= 0.3 is 5.97 Å². The van der Waals surface area contributed by atoms with E-state index in [1.54, 1.807) is 11.3 Å². The number of thiophene rings is 1. The van der Waals surface area contributed by atoms with E-state index in [1.165, 1.54) is 22.3 Å². The van der Waals surface area contributed by atoms with Crippen molar-refractivity contribution in [3.05, 3.63) is 56.8 Å². The van der Waals surface area contributed by atoms with Crippen LogP contribution in [0.4, 0.5) is 0 Å². The molecule has 32 heavy (non-hydrogen) atoms. The first-order chi connectivity index (χ1) is 14.8. The van der Waals surface area contributed by atoms with Gasteiger partial charge in [-0.2, -0.15) is 0 Å². The molecule has 0 spiro atoms. The van der Waals surface area contributed by atoms with Gasteiger partial charge in [0.1, 0.15) is 12.4 Å². The Morgan fingerprint density at radius 1 is 1.25 bits per heavy atom. The summed E-state index contributed by atoms with van der Waals surface area (Å²) in [5.41, 5.74) is 5.41. The molecular weight excluding hydrogens is 472 g/mol. The molecule has 0 saturated carbocycles. The van der Waals surface area contributed by atoms with Gasteiger partial charge in [0, 0.05) is 47.8 Å². The molecule has 0 amide bonds. The Morgan fingerprint density at radius 2 is 2.00 bits per heavy atom. The largest absolute Gasteiger partial charge is 0.488 e. The number of rotatable bonds is 6. The predicted octanol–water partition coefficient (Wildman–Crippen LogP) is 3.14. The monoisotopic (exact) mass is 498 g/mol. The zero-order valence-corrected chi connectivity index (χ0v) is 20.2. The van der Waals surface area contributed by atoms with Gasteiger partial charge in [0.2, 0.25) is 10.0 Å². The van der Waals surface area contributed by atoms with E-state index in [2.05, 4.69) is 21.1 Å². The molecule has 0 bridgehead atoms. The number of piperidine rings is 1. The fourth-order valence-electron chi connectivity index (χ4n) is 4.17. The van der Waals surface area contributed by atoms with Crippen LogP contribution in [-0.4, -0.2) is 56.8 Å². The van der Waals surface area contributed by atoms with Crippen LogP contribution in [0.5, 0.6) is 5.75 Å². The number of nitrogens with zero attached hydrogens (tertiary/aromatic N) is 1. The molecular formula is C22H27ClN2O5S2. The lowest BCUT2D eigenvalue weighted by molar-refractivity contribution is -0.136. The van der Waals surface area contributed by atoms with Crippen LogP contribution in [0.25, 0.3) is 5.57 Å². The third-order valence-corrected chi connectivity index (χ3v) is 7.33. The van der Waals surface area contributed by atoms with E-state index in [0.29, 0.717) is 19.7 Å². The maximum Gasteiger partial charge on any atom is 0.307 e. The van der Waals surface area contributed by atoms with E-state index in [-0.39, 0.29) is 18.8 Å².